The molecule has 0 saturated carbocycles. The molecular formula is C14H11BrN4S2. The van der Waals surface area contributed by atoms with Crippen LogP contribution in [0.4, 0.5) is 0 Å². The van der Waals surface area contributed by atoms with Crippen molar-refractivity contribution in [3.8, 4) is 0 Å². The molecule has 7 heteroatoms. The van der Waals surface area contributed by atoms with Crippen molar-refractivity contribution < 1.29 is 0 Å². The molecule has 3 aromatic rings. The minimum Gasteiger partial charge on any atom is -0.250 e. The van der Waals surface area contributed by atoms with Crippen LogP contribution >= 0.6 is 39.5 Å². The number of thiophene rings is 1. The Balaban J connectivity index is 1.88. The van der Waals surface area contributed by atoms with Crippen LogP contribution in [0.3, 0.4) is 0 Å². The highest BCUT2D eigenvalue weighted by molar-refractivity contribution is 9.10. The number of hydrogen-bond donors (Lipinski definition) is 1. The fraction of sp³-hybridized carbons (Fsp3) is 0.0714. The highest BCUT2D eigenvalue weighted by Crippen LogP contribution is 2.14. The average molecular weight is 379 g/mol. The van der Waals surface area contributed by atoms with E-state index in [4.69, 9.17) is 12.2 Å². The van der Waals surface area contributed by atoms with Crippen LogP contribution in [-0.4, -0.2) is 21.1 Å². The summed E-state index contributed by atoms with van der Waals surface area (Å²) in [6.07, 6.45) is 2.48. The quantitative estimate of drug-likeness (QED) is 0.545. The van der Waals surface area contributed by atoms with E-state index in [0.29, 0.717) is 11.2 Å². The van der Waals surface area contributed by atoms with Crippen LogP contribution in [0.15, 0.2) is 51.4 Å². The maximum Gasteiger partial charge on any atom is 0.216 e. The van der Waals surface area contributed by atoms with Gasteiger partial charge in [0.25, 0.3) is 0 Å². The lowest BCUT2D eigenvalue weighted by molar-refractivity contribution is 0.795. The summed E-state index contributed by atoms with van der Waals surface area (Å²) in [6, 6.07) is 12.0. The van der Waals surface area contributed by atoms with Crippen LogP contribution in [0.5, 0.6) is 0 Å². The maximum atomic E-state index is 5.23. The number of benzene rings is 1. The predicted octanol–water partition coefficient (Wildman–Crippen LogP) is 4.24. The number of aromatic amines is 1. The third-order valence-electron chi connectivity index (χ3n) is 2.80. The largest absolute Gasteiger partial charge is 0.250 e. The highest BCUT2D eigenvalue weighted by Gasteiger charge is 2.06. The van der Waals surface area contributed by atoms with Gasteiger partial charge < -0.3 is 0 Å². The van der Waals surface area contributed by atoms with E-state index in [1.807, 2.05) is 35.7 Å². The monoisotopic (exact) mass is 378 g/mol. The second-order valence-corrected chi connectivity index (χ2v) is 6.65. The van der Waals surface area contributed by atoms with Crippen molar-refractivity contribution >= 4 is 45.7 Å². The van der Waals surface area contributed by atoms with Gasteiger partial charge in [-0.1, -0.05) is 34.1 Å². The van der Waals surface area contributed by atoms with E-state index in [-0.39, 0.29) is 0 Å². The van der Waals surface area contributed by atoms with Crippen molar-refractivity contribution in [3.63, 3.8) is 0 Å². The van der Waals surface area contributed by atoms with Crippen molar-refractivity contribution in [1.29, 1.82) is 0 Å². The molecule has 21 heavy (non-hydrogen) atoms. The van der Waals surface area contributed by atoms with E-state index in [2.05, 4.69) is 37.3 Å². The van der Waals surface area contributed by atoms with Gasteiger partial charge in [-0.2, -0.15) is 14.9 Å². The summed E-state index contributed by atoms with van der Waals surface area (Å²) in [5.74, 6) is 0.800. The van der Waals surface area contributed by atoms with Crippen LogP contribution in [0.1, 0.15) is 16.3 Å². The van der Waals surface area contributed by atoms with Gasteiger partial charge in [0.1, 0.15) is 0 Å². The third kappa shape index (κ3) is 3.55. The molecule has 2 heterocycles. The summed E-state index contributed by atoms with van der Waals surface area (Å²) in [5.41, 5.74) is 0.995. The Bertz CT molecular complexity index is 818. The van der Waals surface area contributed by atoms with Crippen LogP contribution < -0.4 is 0 Å². The van der Waals surface area contributed by atoms with E-state index in [1.54, 1.807) is 22.2 Å². The minimum absolute atomic E-state index is 0.493. The van der Waals surface area contributed by atoms with Crippen molar-refractivity contribution in [2.24, 2.45) is 5.10 Å². The Labute approximate surface area is 139 Å². The van der Waals surface area contributed by atoms with Gasteiger partial charge in [-0.25, -0.2) is 0 Å². The van der Waals surface area contributed by atoms with Crippen molar-refractivity contribution in [3.05, 3.63) is 67.3 Å². The van der Waals surface area contributed by atoms with Gasteiger partial charge >= 0.3 is 0 Å². The van der Waals surface area contributed by atoms with E-state index in [0.717, 1.165) is 15.9 Å². The highest BCUT2D eigenvalue weighted by atomic mass is 79.9. The molecule has 2 aromatic heterocycles. The van der Waals surface area contributed by atoms with Crippen molar-refractivity contribution in [2.75, 3.05) is 0 Å². The molecule has 0 amide bonds. The molecule has 106 valence electrons. The fourth-order valence-corrected chi connectivity index (χ4v) is 3.15. The molecule has 0 saturated heterocycles. The molecule has 0 aliphatic carbocycles. The Kier molecular flexibility index (Phi) is 4.42. The zero-order valence-corrected chi connectivity index (χ0v) is 14.1. The molecule has 3 rings (SSSR count). The van der Waals surface area contributed by atoms with Crippen LogP contribution in [-0.2, 0) is 6.42 Å². The summed E-state index contributed by atoms with van der Waals surface area (Å²) in [7, 11) is 0. The van der Waals surface area contributed by atoms with Crippen molar-refractivity contribution in [2.45, 2.75) is 6.42 Å². The van der Waals surface area contributed by atoms with E-state index >= 15 is 0 Å². The smallest absolute Gasteiger partial charge is 0.216 e. The molecule has 1 aromatic carbocycles. The first-order chi connectivity index (χ1) is 10.2. The molecule has 0 fully saturated rings. The zero-order valence-electron chi connectivity index (χ0n) is 10.9. The van der Waals surface area contributed by atoms with Crippen LogP contribution in [0.25, 0.3) is 0 Å². The summed E-state index contributed by atoms with van der Waals surface area (Å²) >= 11 is 10.4. The number of aromatic nitrogens is 3. The molecule has 0 aliphatic heterocycles. The van der Waals surface area contributed by atoms with Crippen LogP contribution in [0, 0.1) is 4.77 Å². The molecule has 0 spiro atoms. The molecular weight excluding hydrogens is 368 g/mol. The molecule has 0 atom stereocenters. The van der Waals surface area contributed by atoms with Gasteiger partial charge in [0.15, 0.2) is 5.82 Å². The Morgan fingerprint density at radius 2 is 2.29 bits per heavy atom. The standard InChI is InChI=1S/C14H11BrN4S2/c15-11-4-1-3-10(7-11)9-16-19-13(17-18-14(19)20)8-12-5-2-6-21-12/h1-7,9H,8H2,(H,18,20)/b16-9-. The number of rotatable bonds is 4. The predicted molar refractivity (Wildman–Crippen MR) is 91.7 cm³/mol. The first-order valence-electron chi connectivity index (χ1n) is 6.21. The second-order valence-electron chi connectivity index (χ2n) is 4.31. The van der Waals surface area contributed by atoms with E-state index < -0.39 is 0 Å². The SMILES string of the molecule is S=c1[nH]nc(Cc2cccs2)n1/N=C\c1cccc(Br)c1. The molecule has 4 nitrogen and oxygen atoms in total. The normalized spacial score (nSPS) is 11.3. The topological polar surface area (TPSA) is 46.0 Å². The summed E-state index contributed by atoms with van der Waals surface area (Å²) < 4.78 is 3.17. The first-order valence-corrected chi connectivity index (χ1v) is 8.29. The van der Waals surface area contributed by atoms with Gasteiger partial charge in [-0.15, -0.1) is 11.3 Å². The number of hydrogen-bond acceptors (Lipinski definition) is 4. The Morgan fingerprint density at radius 1 is 1.38 bits per heavy atom. The van der Waals surface area contributed by atoms with Crippen molar-refractivity contribution in [1.82, 2.24) is 14.9 Å². The van der Waals surface area contributed by atoms with Gasteiger partial charge in [-0.3, -0.25) is 5.10 Å². The molecule has 0 unspecified atom stereocenters. The fourth-order valence-electron chi connectivity index (χ4n) is 1.84. The third-order valence-corrected chi connectivity index (χ3v) is 4.43. The van der Waals surface area contributed by atoms with E-state index in [1.165, 1.54) is 4.88 Å². The Hall–Kier alpha value is -1.57. The number of halogens is 1. The maximum absolute atomic E-state index is 5.23. The van der Waals surface area contributed by atoms with E-state index in [9.17, 15) is 0 Å². The molecule has 0 bridgehead atoms. The minimum atomic E-state index is 0.493. The lowest BCUT2D eigenvalue weighted by Crippen LogP contribution is -1.99. The lowest BCUT2D eigenvalue weighted by atomic mass is 10.2. The number of nitrogens with zero attached hydrogens (tertiary/aromatic N) is 3. The molecule has 1 N–H and O–H groups in total. The lowest BCUT2D eigenvalue weighted by Gasteiger charge is -1.99. The average Bonchev–Trinajstić information content (AvgIpc) is 3.08. The van der Waals surface area contributed by atoms with Gasteiger partial charge in [0.2, 0.25) is 4.77 Å². The Morgan fingerprint density at radius 3 is 3.05 bits per heavy atom. The molecule has 0 aliphatic rings. The molecule has 0 radical (unpaired) electrons. The first kappa shape index (κ1) is 14.4. The van der Waals surface area contributed by atoms with Crippen LogP contribution in [0.2, 0.25) is 0 Å². The van der Waals surface area contributed by atoms with Gasteiger partial charge in [-0.05, 0) is 41.4 Å². The summed E-state index contributed by atoms with van der Waals surface area (Å²) in [5, 5.41) is 13.5. The van der Waals surface area contributed by atoms with Gasteiger partial charge in [0, 0.05) is 15.8 Å². The number of nitrogens with one attached hydrogen (secondary N) is 1. The second kappa shape index (κ2) is 6.46. The van der Waals surface area contributed by atoms with Gasteiger partial charge in [0.05, 0.1) is 6.21 Å². The number of H-pyrrole nitrogens is 1. The zero-order chi connectivity index (χ0) is 14.7. The summed E-state index contributed by atoms with van der Waals surface area (Å²) in [4.78, 5) is 1.22. The summed E-state index contributed by atoms with van der Waals surface area (Å²) in [6.45, 7) is 0.